The first-order chi connectivity index (χ1) is 16.0. The second kappa shape index (κ2) is 11.4. The lowest BCUT2D eigenvalue weighted by Gasteiger charge is -2.09. The van der Waals surface area contributed by atoms with E-state index >= 15 is 0 Å². The van der Waals surface area contributed by atoms with Crippen molar-refractivity contribution in [3.8, 4) is 11.1 Å². The zero-order chi connectivity index (χ0) is 23.6. The number of nitrogens with zero attached hydrogens (tertiary/aromatic N) is 2. The number of hydrogen-bond acceptors (Lipinski definition) is 5. The lowest BCUT2D eigenvalue weighted by Crippen LogP contribution is -1.96. The van der Waals surface area contributed by atoms with E-state index < -0.39 is 5.97 Å². The number of benzene rings is 2. The van der Waals surface area contributed by atoms with E-state index in [9.17, 15) is 14.7 Å². The van der Waals surface area contributed by atoms with Crippen LogP contribution in [-0.4, -0.2) is 32.4 Å². The summed E-state index contributed by atoms with van der Waals surface area (Å²) in [5.74, 6) is -0.875. The molecule has 33 heavy (non-hydrogen) atoms. The van der Waals surface area contributed by atoms with Gasteiger partial charge in [-0.3, -0.25) is 14.8 Å². The van der Waals surface area contributed by atoms with E-state index in [1.807, 2.05) is 18.2 Å². The number of carboxylic acids is 1. The van der Waals surface area contributed by atoms with Gasteiger partial charge in [0.05, 0.1) is 11.3 Å². The lowest BCUT2D eigenvalue weighted by atomic mass is 9.99. The van der Waals surface area contributed by atoms with Crippen molar-refractivity contribution in [3.63, 3.8) is 0 Å². The van der Waals surface area contributed by atoms with Crippen molar-refractivity contribution >= 4 is 35.7 Å². The quantitative estimate of drug-likeness (QED) is 0.279. The Kier molecular flexibility index (Phi) is 8.05. The van der Waals surface area contributed by atoms with Crippen LogP contribution in [0.3, 0.4) is 0 Å². The summed E-state index contributed by atoms with van der Waals surface area (Å²) >= 11 is 6.23. The third kappa shape index (κ3) is 6.12. The van der Waals surface area contributed by atoms with Crippen LogP contribution in [0.2, 0.25) is 5.02 Å². The number of aromatic carboxylic acids is 1. The van der Waals surface area contributed by atoms with Crippen LogP contribution in [0.15, 0.2) is 91.4 Å². The summed E-state index contributed by atoms with van der Waals surface area (Å²) in [6.45, 7) is 0. The van der Waals surface area contributed by atoms with E-state index in [2.05, 4.69) is 9.97 Å². The molecule has 0 fully saturated rings. The van der Waals surface area contributed by atoms with Crippen LogP contribution in [0.1, 0.15) is 32.0 Å². The van der Waals surface area contributed by atoms with Crippen LogP contribution in [0.4, 0.5) is 0 Å². The number of aromatic nitrogens is 2. The van der Waals surface area contributed by atoms with Gasteiger partial charge >= 0.3 is 5.97 Å². The number of carboxylic acid groups (broad SMARTS) is 1. The van der Waals surface area contributed by atoms with Gasteiger partial charge in [0, 0.05) is 46.4 Å². The van der Waals surface area contributed by atoms with Crippen molar-refractivity contribution in [1.29, 1.82) is 0 Å². The van der Waals surface area contributed by atoms with Crippen LogP contribution >= 0.6 is 11.6 Å². The third-order valence-corrected chi connectivity index (χ3v) is 4.90. The van der Waals surface area contributed by atoms with Gasteiger partial charge in [-0.05, 0) is 42.0 Å². The molecule has 4 aromatic rings. The standard InChI is InChI=1S/C19H13ClN2O2.C7H6O2/c20-17-4-2-1-3-15(17)14-7-10-22-18(16(14)12-23)11-19(24)13-5-8-21-9-6-13;8-7(9)6-4-2-1-3-5-6/h1-12,24H;1-5H,(H,8,9). The van der Waals surface area contributed by atoms with E-state index in [1.54, 1.807) is 73.2 Å². The molecular formula is C26H19ClN2O4. The number of aldehydes is 1. The first-order valence-corrected chi connectivity index (χ1v) is 10.2. The fraction of sp³-hybridized carbons (Fsp3) is 0. The first kappa shape index (κ1) is 23.4. The normalized spacial score (nSPS) is 10.6. The number of aliphatic hydroxyl groups is 1. The van der Waals surface area contributed by atoms with Gasteiger partial charge < -0.3 is 10.2 Å². The Morgan fingerprint density at radius 1 is 0.788 bits per heavy atom. The maximum Gasteiger partial charge on any atom is 0.335 e. The lowest BCUT2D eigenvalue weighted by molar-refractivity contribution is 0.0696. The van der Waals surface area contributed by atoms with Gasteiger partial charge in [0.25, 0.3) is 0 Å². The van der Waals surface area contributed by atoms with E-state index in [0.29, 0.717) is 33.0 Å². The Bertz CT molecular complexity index is 1280. The topological polar surface area (TPSA) is 100 Å². The summed E-state index contributed by atoms with van der Waals surface area (Å²) in [7, 11) is 0. The summed E-state index contributed by atoms with van der Waals surface area (Å²) in [6.07, 6.45) is 6.91. The summed E-state index contributed by atoms with van der Waals surface area (Å²) < 4.78 is 0. The maximum absolute atomic E-state index is 11.6. The zero-order valence-corrected chi connectivity index (χ0v) is 18.1. The molecule has 0 saturated carbocycles. The van der Waals surface area contributed by atoms with Gasteiger partial charge in [-0.2, -0.15) is 0 Å². The van der Waals surface area contributed by atoms with Gasteiger partial charge in [0.15, 0.2) is 6.29 Å². The summed E-state index contributed by atoms with van der Waals surface area (Å²) in [5, 5.41) is 19.2. The zero-order valence-electron chi connectivity index (χ0n) is 17.3. The number of rotatable bonds is 5. The molecule has 6 nitrogen and oxygen atoms in total. The molecule has 0 aliphatic heterocycles. The Labute approximate surface area is 195 Å². The summed E-state index contributed by atoms with van der Waals surface area (Å²) in [4.78, 5) is 30.0. The number of aliphatic hydroxyl groups excluding tert-OH is 1. The molecule has 2 N–H and O–H groups in total. The molecule has 0 amide bonds. The van der Waals surface area contributed by atoms with Crippen molar-refractivity contribution in [1.82, 2.24) is 9.97 Å². The largest absolute Gasteiger partial charge is 0.507 e. The molecule has 0 spiro atoms. The van der Waals surface area contributed by atoms with Gasteiger partial charge in [0.1, 0.15) is 5.76 Å². The Morgan fingerprint density at radius 2 is 1.45 bits per heavy atom. The van der Waals surface area contributed by atoms with E-state index in [4.69, 9.17) is 16.7 Å². The van der Waals surface area contributed by atoms with Crippen LogP contribution in [-0.2, 0) is 0 Å². The first-order valence-electron chi connectivity index (χ1n) is 9.79. The molecule has 0 radical (unpaired) electrons. The minimum Gasteiger partial charge on any atom is -0.507 e. The summed E-state index contributed by atoms with van der Waals surface area (Å²) in [5.41, 5.74) is 3.06. The van der Waals surface area contributed by atoms with Crippen LogP contribution in [0.5, 0.6) is 0 Å². The maximum atomic E-state index is 11.6. The molecule has 0 atom stereocenters. The van der Waals surface area contributed by atoms with Crippen molar-refractivity contribution in [2.24, 2.45) is 0 Å². The second-order valence-corrected chi connectivity index (χ2v) is 7.10. The third-order valence-electron chi connectivity index (χ3n) is 4.57. The molecule has 0 aliphatic rings. The van der Waals surface area contributed by atoms with Crippen molar-refractivity contribution in [2.45, 2.75) is 0 Å². The monoisotopic (exact) mass is 458 g/mol. The van der Waals surface area contributed by atoms with Crippen LogP contribution in [0, 0.1) is 0 Å². The molecule has 4 rings (SSSR count). The molecule has 0 unspecified atom stereocenters. The minimum absolute atomic E-state index is 0.00399. The van der Waals surface area contributed by atoms with Crippen molar-refractivity contribution in [2.75, 3.05) is 0 Å². The number of pyridine rings is 2. The molecule has 2 aromatic carbocycles. The smallest absolute Gasteiger partial charge is 0.335 e. The van der Waals surface area contributed by atoms with Crippen molar-refractivity contribution in [3.05, 3.63) is 119 Å². The fourth-order valence-corrected chi connectivity index (χ4v) is 3.20. The molecule has 0 aliphatic carbocycles. The van der Waals surface area contributed by atoms with Crippen LogP contribution in [0.25, 0.3) is 23.0 Å². The predicted molar refractivity (Wildman–Crippen MR) is 128 cm³/mol. The Hall–Kier alpha value is -4.29. The van der Waals surface area contributed by atoms with Gasteiger partial charge in [-0.1, -0.05) is 48.0 Å². The number of carbonyl (C=O) groups excluding carboxylic acids is 1. The van der Waals surface area contributed by atoms with E-state index in [-0.39, 0.29) is 5.76 Å². The number of halogens is 1. The molecule has 164 valence electrons. The van der Waals surface area contributed by atoms with E-state index in [1.165, 1.54) is 6.08 Å². The van der Waals surface area contributed by atoms with Crippen LogP contribution < -0.4 is 0 Å². The Morgan fingerprint density at radius 3 is 2.06 bits per heavy atom. The average molecular weight is 459 g/mol. The average Bonchev–Trinajstić information content (AvgIpc) is 2.85. The highest BCUT2D eigenvalue weighted by Gasteiger charge is 2.13. The molecule has 0 bridgehead atoms. The minimum atomic E-state index is -0.879. The highest BCUT2D eigenvalue weighted by Crippen LogP contribution is 2.31. The molecule has 7 heteroatoms. The number of carbonyl (C=O) groups is 2. The predicted octanol–water partition coefficient (Wildman–Crippen LogP) is 6.05. The molecule has 2 heterocycles. The number of hydrogen-bond donors (Lipinski definition) is 2. The van der Waals surface area contributed by atoms with Crippen molar-refractivity contribution < 1.29 is 19.8 Å². The fourth-order valence-electron chi connectivity index (χ4n) is 2.96. The highest BCUT2D eigenvalue weighted by atomic mass is 35.5. The Balaban J connectivity index is 0.000000286. The van der Waals surface area contributed by atoms with Gasteiger partial charge in [-0.25, -0.2) is 4.79 Å². The van der Waals surface area contributed by atoms with Gasteiger partial charge in [-0.15, -0.1) is 0 Å². The molecular weight excluding hydrogens is 440 g/mol. The van der Waals surface area contributed by atoms with E-state index in [0.717, 1.165) is 11.8 Å². The van der Waals surface area contributed by atoms with Gasteiger partial charge in [0.2, 0.25) is 0 Å². The summed E-state index contributed by atoms with van der Waals surface area (Å²) in [6, 6.07) is 20.6. The molecule has 2 aromatic heterocycles. The highest BCUT2D eigenvalue weighted by molar-refractivity contribution is 6.33. The SMILES string of the molecule is O=C(O)c1ccccc1.O=Cc1c(-c2ccccc2Cl)ccnc1C=C(O)c1ccncc1. The second-order valence-electron chi connectivity index (χ2n) is 6.69. The molecule has 0 saturated heterocycles.